The van der Waals surface area contributed by atoms with Crippen LogP contribution in [0, 0.1) is 0 Å². The number of carbonyl (C=O) groups is 1. The van der Waals surface area contributed by atoms with Gasteiger partial charge in [0, 0.05) is 9.35 Å². The average molecular weight is 327 g/mol. The van der Waals surface area contributed by atoms with Gasteiger partial charge in [-0.05, 0) is 64.7 Å². The van der Waals surface area contributed by atoms with E-state index >= 15 is 0 Å². The summed E-state index contributed by atoms with van der Waals surface area (Å²) in [6, 6.07) is 4.04. The fraction of sp³-hybridized carbons (Fsp3) is 0.308. The zero-order valence-corrected chi connectivity index (χ0v) is 12.4. The van der Waals surface area contributed by atoms with Crippen LogP contribution in [0.3, 0.4) is 0 Å². The molecule has 0 radical (unpaired) electrons. The van der Waals surface area contributed by atoms with Crippen molar-refractivity contribution in [1.29, 1.82) is 0 Å². The van der Waals surface area contributed by atoms with Crippen LogP contribution in [0.25, 0.3) is 0 Å². The summed E-state index contributed by atoms with van der Waals surface area (Å²) in [5.41, 5.74) is 1.40. The Kier molecular flexibility index (Phi) is 3.19. The van der Waals surface area contributed by atoms with Gasteiger partial charge in [0.1, 0.15) is 0 Å². The van der Waals surface area contributed by atoms with Gasteiger partial charge in [0.15, 0.2) is 0 Å². The Bertz CT molecular complexity index is 544. The Balaban J connectivity index is 1.97. The lowest BCUT2D eigenvalue weighted by atomic mass is 9.99. The standard InChI is InChI=1S/C13H11BrOS2/c14-9-5-6-16-13(9)12(15)11-7-8-3-1-2-4-10(8)17-11/h5-7H,1-4H2. The van der Waals surface area contributed by atoms with Crippen LogP contribution >= 0.6 is 38.6 Å². The molecule has 2 aromatic heterocycles. The van der Waals surface area contributed by atoms with Gasteiger partial charge in [-0.15, -0.1) is 22.7 Å². The van der Waals surface area contributed by atoms with Crippen LogP contribution in [0.4, 0.5) is 0 Å². The molecule has 2 heterocycles. The number of aryl methyl sites for hydroxylation is 2. The number of halogens is 1. The molecule has 0 N–H and O–H groups in total. The van der Waals surface area contributed by atoms with Crippen LogP contribution in [0.15, 0.2) is 22.0 Å². The van der Waals surface area contributed by atoms with Gasteiger partial charge in [-0.3, -0.25) is 4.79 Å². The SMILES string of the molecule is O=C(c1cc2c(s1)CCCC2)c1sccc1Br. The fourth-order valence-electron chi connectivity index (χ4n) is 2.17. The second kappa shape index (κ2) is 4.67. The molecule has 0 fully saturated rings. The molecule has 0 amide bonds. The highest BCUT2D eigenvalue weighted by Crippen LogP contribution is 2.33. The van der Waals surface area contributed by atoms with Crippen LogP contribution in [-0.2, 0) is 12.8 Å². The summed E-state index contributed by atoms with van der Waals surface area (Å²) in [7, 11) is 0. The maximum Gasteiger partial charge on any atom is 0.214 e. The Hall–Kier alpha value is -0.450. The van der Waals surface area contributed by atoms with Gasteiger partial charge in [-0.2, -0.15) is 0 Å². The summed E-state index contributed by atoms with van der Waals surface area (Å²) in [5, 5.41) is 1.95. The highest BCUT2D eigenvalue weighted by Gasteiger charge is 2.20. The van der Waals surface area contributed by atoms with Gasteiger partial charge < -0.3 is 0 Å². The third-order valence-corrected chi connectivity index (χ3v) is 6.12. The average Bonchev–Trinajstić information content (AvgIpc) is 2.93. The van der Waals surface area contributed by atoms with E-state index in [9.17, 15) is 4.79 Å². The van der Waals surface area contributed by atoms with Crippen molar-refractivity contribution in [3.05, 3.63) is 42.2 Å². The monoisotopic (exact) mass is 326 g/mol. The van der Waals surface area contributed by atoms with Crippen molar-refractivity contribution >= 4 is 44.4 Å². The van der Waals surface area contributed by atoms with Crippen LogP contribution in [0.2, 0.25) is 0 Å². The maximum atomic E-state index is 12.3. The molecule has 0 spiro atoms. The number of carbonyl (C=O) groups excluding carboxylic acids is 1. The van der Waals surface area contributed by atoms with Crippen LogP contribution < -0.4 is 0 Å². The molecule has 17 heavy (non-hydrogen) atoms. The molecule has 0 bridgehead atoms. The maximum absolute atomic E-state index is 12.3. The van der Waals surface area contributed by atoms with E-state index in [2.05, 4.69) is 22.0 Å². The van der Waals surface area contributed by atoms with Crippen molar-refractivity contribution in [1.82, 2.24) is 0 Å². The molecule has 1 aliphatic carbocycles. The molecule has 3 rings (SSSR count). The predicted molar refractivity (Wildman–Crippen MR) is 76.4 cm³/mol. The van der Waals surface area contributed by atoms with Crippen molar-refractivity contribution in [3.63, 3.8) is 0 Å². The molecular weight excluding hydrogens is 316 g/mol. The zero-order valence-electron chi connectivity index (χ0n) is 9.16. The molecule has 1 aliphatic rings. The highest BCUT2D eigenvalue weighted by atomic mass is 79.9. The molecule has 0 aromatic carbocycles. The van der Waals surface area contributed by atoms with Crippen LogP contribution in [-0.4, -0.2) is 5.78 Å². The van der Waals surface area contributed by atoms with Crippen molar-refractivity contribution in [3.8, 4) is 0 Å². The van der Waals surface area contributed by atoms with Crippen LogP contribution in [0.5, 0.6) is 0 Å². The van der Waals surface area contributed by atoms with E-state index < -0.39 is 0 Å². The molecule has 0 unspecified atom stereocenters. The second-order valence-corrected chi connectivity index (χ2v) is 7.10. The van der Waals surface area contributed by atoms with Gasteiger partial charge >= 0.3 is 0 Å². The third-order valence-electron chi connectivity index (χ3n) is 3.04. The number of hydrogen-bond acceptors (Lipinski definition) is 3. The summed E-state index contributed by atoms with van der Waals surface area (Å²) in [4.78, 5) is 15.5. The first-order valence-corrected chi connectivity index (χ1v) is 8.14. The van der Waals surface area contributed by atoms with Gasteiger partial charge in [0.05, 0.1) is 9.75 Å². The van der Waals surface area contributed by atoms with Gasteiger partial charge in [0.2, 0.25) is 5.78 Å². The predicted octanol–water partition coefficient (Wildman–Crippen LogP) is 4.68. The number of hydrogen-bond donors (Lipinski definition) is 0. The Labute approximate surface area is 117 Å². The first-order valence-electron chi connectivity index (χ1n) is 5.65. The Morgan fingerprint density at radius 3 is 2.82 bits per heavy atom. The van der Waals surface area contributed by atoms with Gasteiger partial charge in [-0.25, -0.2) is 0 Å². The first kappa shape index (κ1) is 11.6. The molecule has 2 aromatic rings. The first-order chi connectivity index (χ1) is 8.25. The summed E-state index contributed by atoms with van der Waals surface area (Å²) >= 11 is 6.63. The van der Waals surface area contributed by atoms with E-state index in [0.717, 1.165) is 27.1 Å². The minimum absolute atomic E-state index is 0.172. The number of rotatable bonds is 2. The minimum Gasteiger partial charge on any atom is -0.287 e. The van der Waals surface area contributed by atoms with Crippen molar-refractivity contribution in [2.45, 2.75) is 25.7 Å². The molecule has 0 atom stereocenters. The highest BCUT2D eigenvalue weighted by molar-refractivity contribution is 9.10. The fourth-order valence-corrected chi connectivity index (χ4v) is 4.94. The third kappa shape index (κ3) is 2.14. The normalized spacial score (nSPS) is 14.6. The topological polar surface area (TPSA) is 17.1 Å². The van der Waals surface area contributed by atoms with E-state index in [0.29, 0.717) is 0 Å². The number of fused-ring (bicyclic) bond motifs is 1. The van der Waals surface area contributed by atoms with Crippen molar-refractivity contribution in [2.24, 2.45) is 0 Å². The van der Waals surface area contributed by atoms with E-state index in [1.54, 1.807) is 11.3 Å². The second-order valence-electron chi connectivity index (χ2n) is 4.19. The van der Waals surface area contributed by atoms with Crippen molar-refractivity contribution in [2.75, 3.05) is 0 Å². The molecule has 0 aliphatic heterocycles. The Morgan fingerprint density at radius 2 is 2.12 bits per heavy atom. The molecule has 0 saturated heterocycles. The summed E-state index contributed by atoms with van der Waals surface area (Å²) in [6.07, 6.45) is 4.83. The van der Waals surface area contributed by atoms with Gasteiger partial charge in [-0.1, -0.05) is 0 Å². The molecule has 4 heteroatoms. The van der Waals surface area contributed by atoms with E-state index in [-0.39, 0.29) is 5.78 Å². The van der Waals surface area contributed by atoms with E-state index in [1.807, 2.05) is 11.4 Å². The lowest BCUT2D eigenvalue weighted by molar-refractivity contribution is 0.104. The van der Waals surface area contributed by atoms with E-state index in [1.165, 1.54) is 34.6 Å². The lowest BCUT2D eigenvalue weighted by Gasteiger charge is -2.08. The summed E-state index contributed by atoms with van der Waals surface area (Å²) in [5.74, 6) is 0.172. The minimum atomic E-state index is 0.172. The summed E-state index contributed by atoms with van der Waals surface area (Å²) < 4.78 is 0.916. The van der Waals surface area contributed by atoms with Crippen molar-refractivity contribution < 1.29 is 4.79 Å². The number of thiophene rings is 2. The molecule has 0 saturated carbocycles. The molecule has 88 valence electrons. The number of ketones is 1. The van der Waals surface area contributed by atoms with E-state index in [4.69, 9.17) is 0 Å². The summed E-state index contributed by atoms with van der Waals surface area (Å²) in [6.45, 7) is 0. The largest absolute Gasteiger partial charge is 0.287 e. The molecule has 1 nitrogen and oxygen atoms in total. The quantitative estimate of drug-likeness (QED) is 0.732. The zero-order chi connectivity index (χ0) is 11.8. The Morgan fingerprint density at radius 1 is 1.29 bits per heavy atom. The molecular formula is C13H11BrOS2. The van der Waals surface area contributed by atoms with Crippen LogP contribution in [0.1, 0.15) is 37.8 Å². The smallest absolute Gasteiger partial charge is 0.214 e. The lowest BCUT2D eigenvalue weighted by Crippen LogP contribution is -1.97. The van der Waals surface area contributed by atoms with Gasteiger partial charge in [0.25, 0.3) is 0 Å².